The number of benzene rings is 1. The number of likely N-dealkylation sites (tertiary alicyclic amines) is 1. The second-order valence-corrected chi connectivity index (χ2v) is 7.12. The van der Waals surface area contributed by atoms with Gasteiger partial charge in [0.15, 0.2) is 13.1 Å². The van der Waals surface area contributed by atoms with Crippen molar-refractivity contribution < 1.29 is 28.8 Å². The number of nitrogens with zero attached hydrogens (tertiary/aromatic N) is 1. The largest absolute Gasteiger partial charge is 0.497 e. The summed E-state index contributed by atoms with van der Waals surface area (Å²) < 4.78 is 10.1. The van der Waals surface area contributed by atoms with Gasteiger partial charge in [-0.2, -0.15) is 0 Å². The summed E-state index contributed by atoms with van der Waals surface area (Å²) in [5, 5.41) is 5.80. The molecule has 1 heterocycles. The molecule has 1 aromatic carbocycles. The molecule has 0 bridgehead atoms. The number of rotatable bonds is 8. The highest BCUT2D eigenvalue weighted by atomic mass is 16.6. The van der Waals surface area contributed by atoms with E-state index in [1.165, 1.54) is 0 Å². The standard InChI is InChI=1S/C20H30N4O5/c1-4-29-20(27)24-11-9-16(10-12-24)22-19(26)14-23(2)13-18(25)21-15-5-7-17(28-3)8-6-15/h5-8,16H,4,9-14H2,1-3H3,(H,21,25)(H,22,26)/p+1. The molecule has 1 aliphatic rings. The molecule has 160 valence electrons. The van der Waals surface area contributed by atoms with Crippen molar-refractivity contribution >= 4 is 23.6 Å². The van der Waals surface area contributed by atoms with E-state index in [0.717, 1.165) is 10.6 Å². The molecule has 1 aromatic rings. The van der Waals surface area contributed by atoms with Crippen LogP contribution < -0.4 is 20.3 Å². The van der Waals surface area contributed by atoms with Crippen LogP contribution in [-0.2, 0) is 14.3 Å². The number of piperidine rings is 1. The molecule has 9 nitrogen and oxygen atoms in total. The number of carbonyl (C=O) groups is 3. The Hall–Kier alpha value is -2.81. The number of ether oxygens (including phenoxy) is 2. The lowest BCUT2D eigenvalue weighted by molar-refractivity contribution is -0.862. The predicted molar refractivity (Wildman–Crippen MR) is 108 cm³/mol. The van der Waals surface area contributed by atoms with Crippen molar-refractivity contribution in [1.29, 1.82) is 0 Å². The number of likely N-dealkylation sites (N-methyl/N-ethyl adjacent to an activating group) is 1. The van der Waals surface area contributed by atoms with Gasteiger partial charge < -0.3 is 29.9 Å². The van der Waals surface area contributed by atoms with Gasteiger partial charge in [0.2, 0.25) is 0 Å². The van der Waals surface area contributed by atoms with Crippen LogP contribution in [0.4, 0.5) is 10.5 Å². The van der Waals surface area contributed by atoms with E-state index in [2.05, 4.69) is 10.6 Å². The molecule has 3 N–H and O–H groups in total. The van der Waals surface area contributed by atoms with Gasteiger partial charge in [-0.05, 0) is 44.0 Å². The van der Waals surface area contributed by atoms with Gasteiger partial charge in [0, 0.05) is 24.8 Å². The van der Waals surface area contributed by atoms with Gasteiger partial charge in [-0.15, -0.1) is 0 Å². The van der Waals surface area contributed by atoms with Crippen molar-refractivity contribution in [1.82, 2.24) is 10.2 Å². The van der Waals surface area contributed by atoms with Crippen LogP contribution in [0.1, 0.15) is 19.8 Å². The normalized spacial score (nSPS) is 15.3. The molecule has 9 heteroatoms. The van der Waals surface area contributed by atoms with Crippen LogP contribution in [0.25, 0.3) is 0 Å². The van der Waals surface area contributed by atoms with E-state index >= 15 is 0 Å². The van der Waals surface area contributed by atoms with Crippen LogP contribution in [0.2, 0.25) is 0 Å². The SMILES string of the molecule is CCOC(=O)N1CCC(NC(=O)C[NH+](C)CC(=O)Nc2ccc(OC)cc2)CC1. The molecule has 2 rings (SSSR count). The molecule has 0 aromatic heterocycles. The van der Waals surface area contributed by atoms with E-state index in [-0.39, 0.29) is 37.0 Å². The molecule has 29 heavy (non-hydrogen) atoms. The third kappa shape index (κ3) is 7.61. The van der Waals surface area contributed by atoms with Gasteiger partial charge >= 0.3 is 6.09 Å². The molecule has 1 atom stereocenters. The van der Waals surface area contributed by atoms with Crippen LogP contribution in [0.5, 0.6) is 5.75 Å². The topological polar surface area (TPSA) is 101 Å². The number of amides is 3. The Morgan fingerprint density at radius 3 is 2.31 bits per heavy atom. The number of methoxy groups -OCH3 is 1. The van der Waals surface area contributed by atoms with Crippen LogP contribution >= 0.6 is 0 Å². The molecular weight excluding hydrogens is 376 g/mol. The summed E-state index contributed by atoms with van der Waals surface area (Å²) in [6.45, 7) is 3.65. The van der Waals surface area contributed by atoms with Gasteiger partial charge in [-0.1, -0.05) is 0 Å². The van der Waals surface area contributed by atoms with Crippen molar-refractivity contribution in [2.75, 3.05) is 52.3 Å². The Morgan fingerprint density at radius 1 is 1.10 bits per heavy atom. The van der Waals surface area contributed by atoms with Crippen molar-refractivity contribution in [2.24, 2.45) is 0 Å². The van der Waals surface area contributed by atoms with Gasteiger partial charge in [-0.25, -0.2) is 4.79 Å². The maximum atomic E-state index is 12.3. The lowest BCUT2D eigenvalue weighted by Crippen LogP contribution is -3.11. The monoisotopic (exact) mass is 407 g/mol. The maximum absolute atomic E-state index is 12.3. The fourth-order valence-corrected chi connectivity index (χ4v) is 3.19. The Labute approximate surface area is 171 Å². The average Bonchev–Trinajstić information content (AvgIpc) is 2.69. The van der Waals surface area contributed by atoms with Gasteiger partial charge in [-0.3, -0.25) is 9.59 Å². The fourth-order valence-electron chi connectivity index (χ4n) is 3.19. The summed E-state index contributed by atoms with van der Waals surface area (Å²) in [6.07, 6.45) is 1.09. The highest BCUT2D eigenvalue weighted by Gasteiger charge is 2.25. The van der Waals surface area contributed by atoms with Crippen LogP contribution in [-0.4, -0.2) is 75.8 Å². The molecule has 0 spiro atoms. The van der Waals surface area contributed by atoms with E-state index in [1.54, 1.807) is 50.2 Å². The molecule has 0 radical (unpaired) electrons. The molecule has 0 aliphatic carbocycles. The Bertz CT molecular complexity index is 687. The first-order chi connectivity index (χ1) is 13.9. The number of nitrogens with one attached hydrogen (secondary N) is 3. The van der Waals surface area contributed by atoms with Crippen LogP contribution in [0.15, 0.2) is 24.3 Å². The molecule has 1 aliphatic heterocycles. The first-order valence-electron chi connectivity index (χ1n) is 9.87. The first kappa shape index (κ1) is 22.5. The van der Waals surface area contributed by atoms with Gasteiger partial charge in [0.1, 0.15) is 5.75 Å². The molecule has 0 saturated carbocycles. The number of hydrogen-bond donors (Lipinski definition) is 3. The highest BCUT2D eigenvalue weighted by Crippen LogP contribution is 2.14. The minimum Gasteiger partial charge on any atom is -0.497 e. The van der Waals surface area contributed by atoms with E-state index in [1.807, 2.05) is 0 Å². The van der Waals surface area contributed by atoms with Gasteiger partial charge in [0.05, 0.1) is 20.8 Å². The highest BCUT2D eigenvalue weighted by molar-refractivity contribution is 5.91. The number of hydrogen-bond acceptors (Lipinski definition) is 5. The second kappa shape index (κ2) is 11.3. The Morgan fingerprint density at radius 2 is 1.72 bits per heavy atom. The number of carbonyl (C=O) groups excluding carboxylic acids is 3. The van der Waals surface area contributed by atoms with E-state index in [9.17, 15) is 14.4 Å². The molecule has 1 unspecified atom stereocenters. The Kier molecular flexibility index (Phi) is 8.72. The zero-order chi connectivity index (χ0) is 21.2. The minimum atomic E-state index is -0.302. The molecular formula is C20H31N4O5+. The molecule has 1 fully saturated rings. The van der Waals surface area contributed by atoms with Crippen LogP contribution in [0, 0.1) is 0 Å². The van der Waals surface area contributed by atoms with Crippen LogP contribution in [0.3, 0.4) is 0 Å². The van der Waals surface area contributed by atoms with Crippen molar-refractivity contribution in [3.05, 3.63) is 24.3 Å². The third-order valence-electron chi connectivity index (χ3n) is 4.68. The first-order valence-corrected chi connectivity index (χ1v) is 9.87. The van der Waals surface area contributed by atoms with Crippen molar-refractivity contribution in [3.8, 4) is 5.75 Å². The summed E-state index contributed by atoms with van der Waals surface area (Å²) in [4.78, 5) is 38.6. The van der Waals surface area contributed by atoms with E-state index in [4.69, 9.17) is 9.47 Å². The minimum absolute atomic E-state index is 0.0362. The zero-order valence-corrected chi connectivity index (χ0v) is 17.3. The van der Waals surface area contributed by atoms with Crippen molar-refractivity contribution in [3.63, 3.8) is 0 Å². The quantitative estimate of drug-likeness (QED) is 0.558. The second-order valence-electron chi connectivity index (χ2n) is 7.12. The van der Waals surface area contributed by atoms with E-state index < -0.39 is 0 Å². The van der Waals surface area contributed by atoms with Crippen molar-refractivity contribution in [2.45, 2.75) is 25.8 Å². The lowest BCUT2D eigenvalue weighted by atomic mass is 10.1. The zero-order valence-electron chi connectivity index (χ0n) is 17.3. The lowest BCUT2D eigenvalue weighted by Gasteiger charge is -2.31. The third-order valence-corrected chi connectivity index (χ3v) is 4.68. The maximum Gasteiger partial charge on any atom is 0.409 e. The predicted octanol–water partition coefficient (Wildman–Crippen LogP) is -0.114. The van der Waals surface area contributed by atoms with E-state index in [0.29, 0.717) is 38.2 Å². The summed E-state index contributed by atoms with van der Waals surface area (Å²) in [5.41, 5.74) is 0.682. The van der Waals surface area contributed by atoms with Gasteiger partial charge in [0.25, 0.3) is 11.8 Å². The Balaban J connectivity index is 1.68. The summed E-state index contributed by atoms with van der Waals surface area (Å²) in [5.74, 6) is 0.452. The smallest absolute Gasteiger partial charge is 0.409 e. The number of quaternary nitrogens is 1. The average molecular weight is 407 g/mol. The summed E-state index contributed by atoms with van der Waals surface area (Å²) >= 11 is 0. The molecule has 3 amide bonds. The summed E-state index contributed by atoms with van der Waals surface area (Å²) in [7, 11) is 3.39. The summed E-state index contributed by atoms with van der Waals surface area (Å²) in [6, 6.07) is 7.11. The molecule has 1 saturated heterocycles. The number of anilines is 1. The fraction of sp³-hybridized carbons (Fsp3) is 0.550.